The van der Waals surface area contributed by atoms with Crippen molar-refractivity contribution in [3.63, 3.8) is 0 Å². The van der Waals surface area contributed by atoms with E-state index < -0.39 is 11.7 Å². The highest BCUT2D eigenvalue weighted by Gasteiger charge is 2.31. The van der Waals surface area contributed by atoms with Crippen molar-refractivity contribution in [1.29, 1.82) is 0 Å². The number of aromatic nitrogens is 6. The molecular formula is C19H19F3N6. The zero-order valence-corrected chi connectivity index (χ0v) is 15.9. The van der Waals surface area contributed by atoms with Gasteiger partial charge >= 0.3 is 6.18 Å². The highest BCUT2D eigenvalue weighted by molar-refractivity contribution is 5.49. The number of alkyl halides is 3. The summed E-state index contributed by atoms with van der Waals surface area (Å²) in [5.41, 5.74) is 2.15. The lowest BCUT2D eigenvalue weighted by atomic mass is 9.97. The Kier molecular flexibility index (Phi) is 4.13. The summed E-state index contributed by atoms with van der Waals surface area (Å²) < 4.78 is 42.4. The van der Waals surface area contributed by atoms with Crippen LogP contribution in [0.25, 0.3) is 11.3 Å². The van der Waals surface area contributed by atoms with Gasteiger partial charge < -0.3 is 0 Å². The van der Waals surface area contributed by atoms with Gasteiger partial charge in [0, 0.05) is 24.2 Å². The molecular weight excluding hydrogens is 369 g/mol. The van der Waals surface area contributed by atoms with Crippen LogP contribution in [0.2, 0.25) is 0 Å². The van der Waals surface area contributed by atoms with Crippen LogP contribution in [0, 0.1) is 6.92 Å². The lowest BCUT2D eigenvalue weighted by molar-refractivity contribution is -0.137. The molecule has 0 radical (unpaired) electrons. The molecule has 0 N–H and O–H groups in total. The van der Waals surface area contributed by atoms with Crippen molar-refractivity contribution in [1.82, 2.24) is 29.2 Å². The van der Waals surface area contributed by atoms with Gasteiger partial charge in [0.25, 0.3) is 0 Å². The summed E-state index contributed by atoms with van der Waals surface area (Å²) in [6, 6.07) is 3.99. The Balaban J connectivity index is 1.79. The second-order valence-electron chi connectivity index (χ2n) is 7.27. The quantitative estimate of drug-likeness (QED) is 0.523. The van der Waals surface area contributed by atoms with Crippen LogP contribution >= 0.6 is 0 Å². The number of halogens is 3. The smallest absolute Gasteiger partial charge is 0.286 e. The largest absolute Gasteiger partial charge is 0.416 e. The number of pyridine rings is 2. The Labute approximate surface area is 159 Å². The van der Waals surface area contributed by atoms with Crippen LogP contribution in [0.3, 0.4) is 0 Å². The van der Waals surface area contributed by atoms with Gasteiger partial charge in [0.1, 0.15) is 11.6 Å². The maximum Gasteiger partial charge on any atom is 0.416 e. The normalized spacial score (nSPS) is 13.7. The van der Waals surface area contributed by atoms with Crippen molar-refractivity contribution < 1.29 is 13.2 Å². The fraction of sp³-hybridized carbons (Fsp3) is 0.368. The first-order valence-electron chi connectivity index (χ1n) is 8.94. The van der Waals surface area contributed by atoms with E-state index in [1.807, 2.05) is 30.5 Å². The first-order valence-corrected chi connectivity index (χ1v) is 8.94. The van der Waals surface area contributed by atoms with E-state index in [1.54, 1.807) is 4.40 Å². The Bertz CT molecular complexity index is 1170. The topological polar surface area (TPSA) is 60.4 Å². The van der Waals surface area contributed by atoms with Gasteiger partial charge in [-0.3, -0.25) is 8.80 Å². The Morgan fingerprint density at radius 2 is 1.54 bits per heavy atom. The van der Waals surface area contributed by atoms with E-state index in [1.165, 1.54) is 6.20 Å². The Morgan fingerprint density at radius 1 is 0.893 bits per heavy atom. The number of aryl methyl sites for hydroxylation is 1. The van der Waals surface area contributed by atoms with Gasteiger partial charge in [-0.15, -0.1) is 20.4 Å². The van der Waals surface area contributed by atoms with Crippen LogP contribution in [0.4, 0.5) is 13.2 Å². The van der Waals surface area contributed by atoms with Gasteiger partial charge in [-0.05, 0) is 36.2 Å². The predicted octanol–water partition coefficient (Wildman–Crippen LogP) is 4.37. The molecule has 0 bridgehead atoms. The minimum Gasteiger partial charge on any atom is -0.286 e. The highest BCUT2D eigenvalue weighted by atomic mass is 19.4. The summed E-state index contributed by atoms with van der Waals surface area (Å²) in [5, 5.41) is 16.6. The minimum absolute atomic E-state index is 0.167. The summed E-state index contributed by atoms with van der Waals surface area (Å²) in [6.45, 7) is 8.05. The highest BCUT2D eigenvalue weighted by Crippen LogP contribution is 2.31. The maximum atomic E-state index is 12.9. The molecule has 1 unspecified atom stereocenters. The van der Waals surface area contributed by atoms with Crippen LogP contribution in [0.1, 0.15) is 60.9 Å². The summed E-state index contributed by atoms with van der Waals surface area (Å²) in [4.78, 5) is 0. The van der Waals surface area contributed by atoms with Crippen LogP contribution in [0.5, 0.6) is 0 Å². The zero-order valence-electron chi connectivity index (χ0n) is 15.9. The fourth-order valence-corrected chi connectivity index (χ4v) is 3.45. The lowest BCUT2D eigenvalue weighted by Gasteiger charge is -2.15. The van der Waals surface area contributed by atoms with E-state index >= 15 is 0 Å². The van der Waals surface area contributed by atoms with Crippen molar-refractivity contribution >= 4 is 11.3 Å². The van der Waals surface area contributed by atoms with Crippen LogP contribution in [-0.2, 0) is 6.18 Å². The lowest BCUT2D eigenvalue weighted by Crippen LogP contribution is -2.08. The van der Waals surface area contributed by atoms with Gasteiger partial charge in [-0.1, -0.05) is 20.8 Å². The van der Waals surface area contributed by atoms with E-state index in [0.717, 1.165) is 34.7 Å². The van der Waals surface area contributed by atoms with Crippen molar-refractivity contribution in [3.05, 3.63) is 58.9 Å². The molecule has 28 heavy (non-hydrogen) atoms. The monoisotopic (exact) mass is 388 g/mol. The third-order valence-electron chi connectivity index (χ3n) is 4.95. The molecule has 6 nitrogen and oxygen atoms in total. The molecule has 0 fully saturated rings. The molecule has 0 saturated heterocycles. The third kappa shape index (κ3) is 2.90. The molecule has 0 saturated carbocycles. The van der Waals surface area contributed by atoms with E-state index in [0.29, 0.717) is 5.82 Å². The van der Waals surface area contributed by atoms with Crippen molar-refractivity contribution in [3.8, 4) is 0 Å². The zero-order chi connectivity index (χ0) is 20.2. The molecule has 0 spiro atoms. The maximum absolute atomic E-state index is 12.9. The van der Waals surface area contributed by atoms with Gasteiger partial charge in [0.05, 0.1) is 5.56 Å². The number of hydrogen-bond donors (Lipinski definition) is 0. The molecule has 4 heterocycles. The summed E-state index contributed by atoms with van der Waals surface area (Å²) >= 11 is 0. The van der Waals surface area contributed by atoms with Crippen molar-refractivity contribution in [2.24, 2.45) is 0 Å². The third-order valence-corrected chi connectivity index (χ3v) is 4.95. The summed E-state index contributed by atoms with van der Waals surface area (Å²) in [7, 11) is 0. The Morgan fingerprint density at radius 3 is 2.18 bits per heavy atom. The first-order chi connectivity index (χ1) is 13.2. The molecule has 1 atom stereocenters. The van der Waals surface area contributed by atoms with Gasteiger partial charge in [-0.2, -0.15) is 13.2 Å². The van der Waals surface area contributed by atoms with Crippen LogP contribution < -0.4 is 0 Å². The van der Waals surface area contributed by atoms with Gasteiger partial charge in [0.2, 0.25) is 0 Å². The molecule has 0 amide bonds. The molecule has 0 aliphatic rings. The summed E-state index contributed by atoms with van der Waals surface area (Å²) in [6.07, 6.45) is -1.06. The molecule has 9 heteroatoms. The minimum atomic E-state index is -4.41. The Hall–Kier alpha value is -2.97. The molecule has 4 rings (SSSR count). The molecule has 146 valence electrons. The van der Waals surface area contributed by atoms with E-state index in [4.69, 9.17) is 0 Å². The first kappa shape index (κ1) is 18.4. The van der Waals surface area contributed by atoms with E-state index in [9.17, 15) is 13.2 Å². The van der Waals surface area contributed by atoms with Crippen LogP contribution in [-0.4, -0.2) is 29.2 Å². The average molecular weight is 388 g/mol. The van der Waals surface area contributed by atoms with E-state index in [-0.39, 0.29) is 17.5 Å². The molecule has 0 aliphatic carbocycles. The van der Waals surface area contributed by atoms with Crippen molar-refractivity contribution in [2.75, 3.05) is 0 Å². The predicted molar refractivity (Wildman–Crippen MR) is 97.3 cm³/mol. The SMILES string of the molecule is Cc1cn2c(C(C)C)nnc2cc1C(C)c1nnc2cc(C(F)(F)F)ccn12. The van der Waals surface area contributed by atoms with Gasteiger partial charge in [0.15, 0.2) is 11.3 Å². The second kappa shape index (κ2) is 6.29. The summed E-state index contributed by atoms with van der Waals surface area (Å²) in [5.74, 6) is 1.50. The number of hydrogen-bond acceptors (Lipinski definition) is 4. The average Bonchev–Trinajstić information content (AvgIpc) is 3.22. The van der Waals surface area contributed by atoms with Crippen molar-refractivity contribution in [2.45, 2.75) is 45.7 Å². The number of fused-ring (bicyclic) bond motifs is 2. The number of rotatable bonds is 3. The van der Waals surface area contributed by atoms with E-state index in [2.05, 4.69) is 34.2 Å². The molecule has 4 aromatic rings. The second-order valence-corrected chi connectivity index (χ2v) is 7.27. The molecule has 0 aromatic carbocycles. The molecule has 4 aromatic heterocycles. The standard InChI is InChI=1S/C19H19F3N6/c1-10(2)17-25-24-16-8-14(11(3)9-28(16)17)12(4)18-26-23-15-7-13(19(20,21)22)5-6-27(15)18/h5-10,12H,1-4H3. The number of nitrogens with zero attached hydrogens (tertiary/aromatic N) is 6. The van der Waals surface area contributed by atoms with Crippen LogP contribution in [0.15, 0.2) is 30.6 Å². The fourth-order valence-electron chi connectivity index (χ4n) is 3.45. The molecule has 0 aliphatic heterocycles. The van der Waals surface area contributed by atoms with Gasteiger partial charge in [-0.25, -0.2) is 0 Å².